The lowest BCUT2D eigenvalue weighted by Gasteiger charge is -2.56. The lowest BCUT2D eigenvalue weighted by molar-refractivity contribution is -0.362. The fourth-order valence-corrected chi connectivity index (χ4v) is 8.68. The number of halogens is 5. The van der Waals surface area contributed by atoms with E-state index in [0.29, 0.717) is 44.3 Å². The van der Waals surface area contributed by atoms with Gasteiger partial charge in [0.2, 0.25) is 0 Å². The minimum absolute atomic E-state index is 0.0415. The summed E-state index contributed by atoms with van der Waals surface area (Å²) in [4.78, 5) is 26.9. The molecule has 9 heteroatoms. The topological polar surface area (TPSA) is 57.6 Å². The van der Waals surface area contributed by atoms with Crippen molar-refractivity contribution in [2.45, 2.75) is 88.3 Å². The second-order valence-corrected chi connectivity index (χ2v) is 12.6. The maximum absolute atomic E-state index is 15.1. The third-order valence-corrected chi connectivity index (χ3v) is 10.7. The van der Waals surface area contributed by atoms with Gasteiger partial charge in [0, 0.05) is 36.4 Å². The summed E-state index contributed by atoms with van der Waals surface area (Å²) in [6.45, 7) is 2.81. The highest BCUT2D eigenvalue weighted by Crippen LogP contribution is 2.70. The van der Waals surface area contributed by atoms with Crippen molar-refractivity contribution in [3.63, 3.8) is 0 Å². The van der Waals surface area contributed by atoms with Gasteiger partial charge >= 0.3 is 12.1 Å². The Hall–Kier alpha value is -2.55. The van der Waals surface area contributed by atoms with Crippen molar-refractivity contribution in [2.24, 2.45) is 17.3 Å². The van der Waals surface area contributed by atoms with Crippen molar-refractivity contribution in [1.82, 2.24) is 4.90 Å². The van der Waals surface area contributed by atoms with Gasteiger partial charge in [-0.15, -0.1) is 0 Å². The van der Waals surface area contributed by atoms with E-state index in [2.05, 4.69) is 0 Å². The second-order valence-electron chi connectivity index (χ2n) is 12.6. The molecule has 0 radical (unpaired) electrons. The quantitative estimate of drug-likeness (QED) is 0.414. The Labute approximate surface area is 230 Å². The first-order valence-electron chi connectivity index (χ1n) is 14.3. The van der Waals surface area contributed by atoms with E-state index in [1.165, 1.54) is 6.92 Å². The number of fused-ring (bicyclic) bond motifs is 4. The summed E-state index contributed by atoms with van der Waals surface area (Å²) in [5.74, 6) is -6.62. The van der Waals surface area contributed by atoms with Gasteiger partial charge < -0.3 is 10.0 Å². The molecule has 1 amide bonds. The van der Waals surface area contributed by atoms with Gasteiger partial charge in [-0.3, -0.25) is 9.59 Å². The van der Waals surface area contributed by atoms with E-state index in [-0.39, 0.29) is 30.4 Å². The minimum Gasteiger partial charge on any atom is -0.383 e. The van der Waals surface area contributed by atoms with Crippen molar-refractivity contribution in [3.8, 4) is 0 Å². The van der Waals surface area contributed by atoms with Crippen LogP contribution in [-0.4, -0.2) is 52.5 Å². The molecule has 3 fully saturated rings. The predicted molar refractivity (Wildman–Crippen MR) is 138 cm³/mol. The van der Waals surface area contributed by atoms with Crippen LogP contribution >= 0.6 is 0 Å². The van der Waals surface area contributed by atoms with Crippen molar-refractivity contribution < 1.29 is 36.6 Å². The van der Waals surface area contributed by atoms with Crippen molar-refractivity contribution >= 4 is 11.7 Å². The van der Waals surface area contributed by atoms with Crippen LogP contribution in [0.25, 0.3) is 0 Å². The average molecular weight is 564 g/mol. The van der Waals surface area contributed by atoms with Crippen LogP contribution in [0.3, 0.4) is 0 Å². The zero-order valence-corrected chi connectivity index (χ0v) is 22.5. The molecule has 4 nitrogen and oxygen atoms in total. The number of nitrogens with zero attached hydrogens (tertiary/aromatic N) is 1. The van der Waals surface area contributed by atoms with Crippen LogP contribution in [0.15, 0.2) is 47.1 Å². The zero-order chi connectivity index (χ0) is 28.7. The molecular weight excluding hydrogens is 529 g/mol. The molecule has 1 heterocycles. The fourth-order valence-electron chi connectivity index (χ4n) is 8.68. The van der Waals surface area contributed by atoms with E-state index in [9.17, 15) is 27.9 Å². The Morgan fingerprint density at radius 3 is 2.33 bits per heavy atom. The summed E-state index contributed by atoms with van der Waals surface area (Å²) < 4.78 is 71.4. The maximum atomic E-state index is 15.1. The molecule has 4 aliphatic carbocycles. The molecule has 1 aromatic rings. The van der Waals surface area contributed by atoms with Gasteiger partial charge in [-0.2, -0.15) is 22.0 Å². The van der Waals surface area contributed by atoms with Gasteiger partial charge in [0.15, 0.2) is 5.78 Å². The second kappa shape index (κ2) is 9.23. The highest BCUT2D eigenvalue weighted by Gasteiger charge is 2.79. The van der Waals surface area contributed by atoms with Crippen LogP contribution in [0.4, 0.5) is 22.0 Å². The van der Waals surface area contributed by atoms with E-state index in [1.807, 2.05) is 0 Å². The number of hydrogen-bond acceptors (Lipinski definition) is 3. The van der Waals surface area contributed by atoms with Crippen molar-refractivity contribution in [2.75, 3.05) is 13.1 Å². The summed E-state index contributed by atoms with van der Waals surface area (Å²) >= 11 is 0. The first-order valence-corrected chi connectivity index (χ1v) is 14.3. The number of aliphatic hydroxyl groups is 1. The molecule has 0 aromatic heterocycles. The first-order chi connectivity index (χ1) is 18.8. The molecule has 5 atom stereocenters. The number of alkyl halides is 5. The van der Waals surface area contributed by atoms with E-state index in [1.54, 1.807) is 35.2 Å². The Morgan fingerprint density at radius 2 is 1.68 bits per heavy atom. The Kier molecular flexibility index (Phi) is 6.37. The molecule has 5 aliphatic rings. The minimum atomic E-state index is -5.88. The molecule has 1 saturated heterocycles. The molecular formula is C31H34F5NO3. The molecule has 0 bridgehead atoms. The summed E-state index contributed by atoms with van der Waals surface area (Å²) in [6.07, 6.45) is -0.985. The Morgan fingerprint density at radius 1 is 1.00 bits per heavy atom. The summed E-state index contributed by atoms with van der Waals surface area (Å²) in [5, 5.41) is 11.4. The van der Waals surface area contributed by atoms with Crippen molar-refractivity contribution in [1.29, 1.82) is 0 Å². The van der Waals surface area contributed by atoms with Gasteiger partial charge in [-0.25, -0.2) is 0 Å². The number of benzene rings is 1. The van der Waals surface area contributed by atoms with Crippen LogP contribution in [0.2, 0.25) is 0 Å². The number of likely N-dealkylation sites (tertiary alicyclic amines) is 1. The number of allylic oxidation sites excluding steroid dienone is 4. The van der Waals surface area contributed by atoms with Crippen LogP contribution in [0.5, 0.6) is 0 Å². The number of hydrogen-bond donors (Lipinski definition) is 1. The summed E-state index contributed by atoms with van der Waals surface area (Å²) in [6, 6.07) is 6.98. The molecule has 216 valence electrons. The number of carbonyl (C=O) groups excluding carboxylic acids is 2. The molecule has 1 aromatic carbocycles. The molecule has 6 rings (SSSR count). The predicted octanol–water partition coefficient (Wildman–Crippen LogP) is 6.75. The summed E-state index contributed by atoms with van der Waals surface area (Å²) in [7, 11) is 0. The summed E-state index contributed by atoms with van der Waals surface area (Å²) in [5.41, 5.74) is -0.709. The third-order valence-electron chi connectivity index (χ3n) is 10.7. The molecule has 1 N–H and O–H groups in total. The first kappa shape index (κ1) is 27.6. The smallest absolute Gasteiger partial charge is 0.383 e. The molecule has 40 heavy (non-hydrogen) atoms. The van der Waals surface area contributed by atoms with Crippen LogP contribution in [0, 0.1) is 17.3 Å². The van der Waals surface area contributed by atoms with E-state index >= 15 is 8.78 Å². The Bertz CT molecular complexity index is 1290. The van der Waals surface area contributed by atoms with Crippen molar-refractivity contribution in [3.05, 3.63) is 58.2 Å². The van der Waals surface area contributed by atoms with Gasteiger partial charge in [0.1, 0.15) is 5.60 Å². The average Bonchev–Trinajstić information content (AvgIpc) is 3.54. The normalized spacial score (nSPS) is 34.4. The standard InChI is InChI=1S/C31H34F5NO3/c1-28-17-24(18-4-6-19(7-5-18)27(39)37-14-2-3-15-37)26-22-11-9-21(38)16-20(22)8-10-23(26)25(28)12-13-29(28,40)30(32,33)31(34,35)36/h4-7,16,23-25,40H,2-3,8-15,17H2,1H3/t23-,24+,25-,28-,29+/m0/s1. The van der Waals surface area contributed by atoms with Crippen LogP contribution in [0.1, 0.15) is 86.6 Å². The van der Waals surface area contributed by atoms with Gasteiger partial charge in [0.25, 0.3) is 5.91 Å². The lowest BCUT2D eigenvalue weighted by atomic mass is 9.50. The van der Waals surface area contributed by atoms with Gasteiger partial charge in [-0.05, 0) is 98.1 Å². The Balaban J connectivity index is 1.45. The monoisotopic (exact) mass is 563 g/mol. The third kappa shape index (κ3) is 3.86. The number of ketones is 1. The molecule has 2 saturated carbocycles. The number of rotatable bonds is 3. The lowest BCUT2D eigenvalue weighted by Crippen LogP contribution is -2.65. The van der Waals surface area contributed by atoms with Crippen LogP contribution in [-0.2, 0) is 4.79 Å². The van der Waals surface area contributed by atoms with E-state index in [4.69, 9.17) is 0 Å². The van der Waals surface area contributed by atoms with Gasteiger partial charge in [-0.1, -0.05) is 24.6 Å². The van der Waals surface area contributed by atoms with E-state index < -0.39 is 41.4 Å². The molecule has 0 spiro atoms. The number of carbonyl (C=O) groups is 2. The zero-order valence-electron chi connectivity index (χ0n) is 22.5. The fraction of sp³-hybridized carbons (Fsp3) is 0.613. The molecule has 0 unspecified atom stereocenters. The van der Waals surface area contributed by atoms with Crippen LogP contribution < -0.4 is 0 Å². The maximum Gasteiger partial charge on any atom is 0.456 e. The molecule has 1 aliphatic heterocycles. The SMILES string of the molecule is C[C@]12C[C@H](c3ccc(C(=O)N4CCCC4)cc3)C3=C4CCC(=O)C=C4CC[C@H]3[C@@H]1CC[C@]2(O)C(F)(F)C(F)(F)F. The van der Waals surface area contributed by atoms with Gasteiger partial charge in [0.05, 0.1) is 0 Å². The highest BCUT2D eigenvalue weighted by atomic mass is 19.4. The highest BCUT2D eigenvalue weighted by molar-refractivity contribution is 5.94. The van der Waals surface area contributed by atoms with E-state index in [0.717, 1.165) is 35.1 Å². The largest absolute Gasteiger partial charge is 0.456 e. The number of amides is 1.